The summed E-state index contributed by atoms with van der Waals surface area (Å²) in [5.74, 6) is 0.842. The van der Waals surface area contributed by atoms with Crippen LogP contribution in [0.1, 0.15) is 27.6 Å². The van der Waals surface area contributed by atoms with Gasteiger partial charge in [0, 0.05) is 27.5 Å². The number of para-hydroxylation sites is 1. The summed E-state index contributed by atoms with van der Waals surface area (Å²) in [7, 11) is 0. The molecule has 0 saturated carbocycles. The van der Waals surface area contributed by atoms with Gasteiger partial charge in [-0.1, -0.05) is 133 Å². The molecule has 4 nitrogen and oxygen atoms in total. The number of nitrogens with zero attached hydrogens (tertiary/aromatic N) is 3. The van der Waals surface area contributed by atoms with Gasteiger partial charge < -0.3 is 5.32 Å². The molecule has 0 saturated heterocycles. The number of hydrogen-bond acceptors (Lipinski definition) is 5. The highest BCUT2D eigenvalue weighted by molar-refractivity contribution is 7.21. The molecule has 1 aliphatic rings. The Balaban J connectivity index is 1.27. The summed E-state index contributed by atoms with van der Waals surface area (Å²) in [5, 5.41) is 16.1. The summed E-state index contributed by atoms with van der Waals surface area (Å²) in [4.78, 5) is 10.8. The lowest BCUT2D eigenvalue weighted by molar-refractivity contribution is 0.781. The summed E-state index contributed by atoms with van der Waals surface area (Å²) in [6.45, 7) is 0. The van der Waals surface area contributed by atoms with Gasteiger partial charge in [0.15, 0.2) is 0 Å². The van der Waals surface area contributed by atoms with Crippen molar-refractivity contribution in [2.75, 3.05) is 0 Å². The van der Waals surface area contributed by atoms with Crippen LogP contribution in [-0.2, 0) is 0 Å². The molecule has 7 aromatic rings. The van der Waals surface area contributed by atoms with E-state index in [2.05, 4.69) is 96.3 Å². The molecule has 0 bridgehead atoms. The number of thiophene rings is 1. The van der Waals surface area contributed by atoms with Crippen molar-refractivity contribution in [3.8, 4) is 28.5 Å². The van der Waals surface area contributed by atoms with Gasteiger partial charge in [-0.2, -0.15) is 5.26 Å². The molecule has 212 valence electrons. The van der Waals surface area contributed by atoms with E-state index in [-0.39, 0.29) is 6.04 Å². The average Bonchev–Trinajstić information content (AvgIpc) is 3.52. The van der Waals surface area contributed by atoms with Crippen LogP contribution in [0.15, 0.2) is 151 Å². The Kier molecular flexibility index (Phi) is 6.75. The Labute approximate surface area is 265 Å². The van der Waals surface area contributed by atoms with Gasteiger partial charge in [0.25, 0.3) is 0 Å². The van der Waals surface area contributed by atoms with Crippen molar-refractivity contribution >= 4 is 43.9 Å². The number of hydrogen-bond donors (Lipinski definition) is 1. The topological polar surface area (TPSA) is 61.1 Å². The highest BCUT2D eigenvalue weighted by Crippen LogP contribution is 2.45. The van der Waals surface area contributed by atoms with Gasteiger partial charge in [-0.3, -0.25) is 0 Å². The molecular weight excluding hydrogens is 569 g/mol. The summed E-state index contributed by atoms with van der Waals surface area (Å²) in [6, 6.07) is 50.1. The number of aliphatic imine (C=N–C) groups is 1. The van der Waals surface area contributed by atoms with Crippen LogP contribution < -0.4 is 5.32 Å². The molecule has 45 heavy (non-hydrogen) atoms. The maximum atomic E-state index is 10.4. The monoisotopic (exact) mass is 594 g/mol. The largest absolute Gasteiger partial charge is 0.359 e. The molecule has 1 atom stereocenters. The lowest BCUT2D eigenvalue weighted by atomic mass is 9.95. The number of rotatable bonds is 5. The molecular formula is C40H26N4S. The molecule has 1 aliphatic heterocycles. The van der Waals surface area contributed by atoms with Crippen LogP contribution >= 0.6 is 11.3 Å². The molecule has 0 fully saturated rings. The lowest BCUT2D eigenvalue weighted by Gasteiger charge is -2.24. The fraction of sp³-hybridized carbons (Fsp3) is 0.0250. The zero-order chi connectivity index (χ0) is 30.2. The van der Waals surface area contributed by atoms with Gasteiger partial charge in [0.2, 0.25) is 0 Å². The third-order valence-electron chi connectivity index (χ3n) is 8.20. The van der Waals surface area contributed by atoms with Gasteiger partial charge in [0.1, 0.15) is 16.8 Å². The molecule has 2 aromatic heterocycles. The Morgan fingerprint density at radius 1 is 0.644 bits per heavy atom. The molecule has 0 radical (unpaired) electrons. The summed E-state index contributed by atoms with van der Waals surface area (Å²) >= 11 is 1.52. The van der Waals surface area contributed by atoms with Crippen molar-refractivity contribution in [3.05, 3.63) is 167 Å². The third-order valence-corrected chi connectivity index (χ3v) is 9.30. The van der Waals surface area contributed by atoms with Gasteiger partial charge >= 0.3 is 0 Å². The van der Waals surface area contributed by atoms with Crippen molar-refractivity contribution in [1.82, 2.24) is 10.3 Å². The van der Waals surface area contributed by atoms with Crippen LogP contribution in [-0.4, -0.2) is 10.8 Å². The number of benzene rings is 5. The van der Waals surface area contributed by atoms with Crippen molar-refractivity contribution in [3.63, 3.8) is 0 Å². The molecule has 0 amide bonds. The van der Waals surface area contributed by atoms with Crippen molar-refractivity contribution < 1.29 is 0 Å². The van der Waals surface area contributed by atoms with Crippen LogP contribution in [0.4, 0.5) is 0 Å². The normalized spacial score (nSPS) is 14.4. The molecule has 0 spiro atoms. The van der Waals surface area contributed by atoms with Crippen LogP contribution in [0.5, 0.6) is 0 Å². The second kappa shape index (κ2) is 11.3. The number of fused-ring (bicyclic) bond motifs is 3. The molecule has 1 unspecified atom stereocenters. The van der Waals surface area contributed by atoms with Crippen molar-refractivity contribution in [2.45, 2.75) is 6.04 Å². The smallest absolute Gasteiger partial charge is 0.134 e. The van der Waals surface area contributed by atoms with Crippen LogP contribution in [0, 0.1) is 11.3 Å². The van der Waals surface area contributed by atoms with Gasteiger partial charge in [-0.05, 0) is 28.8 Å². The summed E-state index contributed by atoms with van der Waals surface area (Å²) in [6.07, 6.45) is 2.18. The summed E-state index contributed by atoms with van der Waals surface area (Å²) in [5.41, 5.74) is 8.95. The first-order valence-corrected chi connectivity index (χ1v) is 15.7. The standard InChI is InChI=1S/C40H26N4S/c41-25-35-36(37-31-18-10-11-19-32(31)42-38(39(37)45-35)29-14-6-2-7-15-29)28-22-20-27(21-23-28)34-24-33(26-12-4-1-5-13-26)43-40(44-34)30-16-8-3-9-17-30/h1-24,33H,(H,43,44). The lowest BCUT2D eigenvalue weighted by Crippen LogP contribution is -2.31. The Hall–Kier alpha value is -5.83. The van der Waals surface area contributed by atoms with E-state index >= 15 is 0 Å². The summed E-state index contributed by atoms with van der Waals surface area (Å²) < 4.78 is 1.03. The van der Waals surface area contributed by atoms with E-state index in [9.17, 15) is 5.26 Å². The second-order valence-corrected chi connectivity index (χ2v) is 12.0. The predicted molar refractivity (Wildman–Crippen MR) is 186 cm³/mol. The number of nitrogens with one attached hydrogen (secondary N) is 1. The minimum atomic E-state index is -0.0186. The van der Waals surface area contributed by atoms with Crippen molar-refractivity contribution in [1.29, 1.82) is 5.26 Å². The van der Waals surface area contributed by atoms with Gasteiger partial charge in [-0.15, -0.1) is 11.3 Å². The number of pyridine rings is 1. The van der Waals surface area contributed by atoms with E-state index < -0.39 is 0 Å². The van der Waals surface area contributed by atoms with Gasteiger partial charge in [0.05, 0.1) is 27.6 Å². The zero-order valence-electron chi connectivity index (χ0n) is 24.2. The molecule has 5 heteroatoms. The second-order valence-electron chi connectivity index (χ2n) is 11.0. The first kappa shape index (κ1) is 26.8. The molecule has 5 aromatic carbocycles. The molecule has 3 heterocycles. The number of aromatic nitrogens is 1. The van der Waals surface area contributed by atoms with Gasteiger partial charge in [-0.25, -0.2) is 9.98 Å². The molecule has 1 N–H and O–H groups in total. The fourth-order valence-corrected chi connectivity index (χ4v) is 7.19. The first-order valence-electron chi connectivity index (χ1n) is 14.9. The van der Waals surface area contributed by atoms with E-state index in [1.165, 1.54) is 16.9 Å². The number of amidine groups is 1. The number of nitriles is 1. The van der Waals surface area contributed by atoms with E-state index in [1.54, 1.807) is 0 Å². The van der Waals surface area contributed by atoms with Crippen LogP contribution in [0.25, 0.3) is 49.1 Å². The van der Waals surface area contributed by atoms with E-state index in [0.29, 0.717) is 4.88 Å². The Morgan fingerprint density at radius 2 is 1.27 bits per heavy atom. The first-order chi connectivity index (χ1) is 22.3. The Bertz CT molecular complexity index is 2280. The molecule has 0 aliphatic carbocycles. The Morgan fingerprint density at radius 3 is 1.98 bits per heavy atom. The van der Waals surface area contributed by atoms with E-state index in [4.69, 9.17) is 9.98 Å². The highest BCUT2D eigenvalue weighted by atomic mass is 32.1. The minimum Gasteiger partial charge on any atom is -0.359 e. The predicted octanol–water partition coefficient (Wildman–Crippen LogP) is 9.79. The maximum absolute atomic E-state index is 10.4. The quantitative estimate of drug-likeness (QED) is 0.216. The van der Waals surface area contributed by atoms with E-state index in [0.717, 1.165) is 66.0 Å². The SMILES string of the molecule is N#Cc1sc2c(-c3ccccc3)nc3ccccc3c2c1-c1ccc(C2=CC(c3ccccc3)NC(c3ccccc3)=N2)cc1. The average molecular weight is 595 g/mol. The van der Waals surface area contributed by atoms with Crippen molar-refractivity contribution in [2.24, 2.45) is 4.99 Å². The maximum Gasteiger partial charge on any atom is 0.134 e. The van der Waals surface area contributed by atoms with E-state index in [1.807, 2.05) is 60.7 Å². The minimum absolute atomic E-state index is 0.0186. The third kappa shape index (κ3) is 4.88. The zero-order valence-corrected chi connectivity index (χ0v) is 25.0. The van der Waals surface area contributed by atoms with Crippen LogP contribution in [0.2, 0.25) is 0 Å². The highest BCUT2D eigenvalue weighted by Gasteiger charge is 2.23. The molecule has 8 rings (SSSR count). The van der Waals surface area contributed by atoms with Crippen LogP contribution in [0.3, 0.4) is 0 Å². The fourth-order valence-electron chi connectivity index (χ4n) is 6.04.